The average molecular weight is 322 g/mol. The first-order chi connectivity index (χ1) is 9.93. The molecule has 0 spiro atoms. The molecule has 0 aromatic heterocycles. The van der Waals surface area contributed by atoms with E-state index in [9.17, 15) is 0 Å². The van der Waals surface area contributed by atoms with Gasteiger partial charge in [-0.1, -0.05) is 74.6 Å². The van der Waals surface area contributed by atoms with Crippen molar-refractivity contribution in [2.45, 2.75) is 94.7 Å². The molecule has 1 aliphatic carbocycles. The third kappa shape index (κ3) is 2.92. The van der Waals surface area contributed by atoms with Gasteiger partial charge in [0, 0.05) is 17.3 Å². The zero-order chi connectivity index (χ0) is 15.2. The summed E-state index contributed by atoms with van der Waals surface area (Å²) in [6, 6.07) is 1.26. The fraction of sp³-hybridized carbons (Fsp3) is 0.941. The van der Waals surface area contributed by atoms with E-state index in [1.807, 2.05) is 11.8 Å². The molecule has 1 radical (unpaired) electrons. The standard InChI is InChI=1S/C17H29BNS2/c1-11(2)17-8-6-5-7-14-15(9-13(10-17)18-17)21-16(20)19(14)12(3)4/h11-15H,5-10H2,1-4H3. The van der Waals surface area contributed by atoms with Gasteiger partial charge in [-0.15, -0.1) is 0 Å². The van der Waals surface area contributed by atoms with Crippen LogP contribution >= 0.6 is 24.0 Å². The van der Waals surface area contributed by atoms with E-state index < -0.39 is 0 Å². The molecule has 117 valence electrons. The predicted molar refractivity (Wildman–Crippen MR) is 99.5 cm³/mol. The molecular formula is C17H29BNS2. The Bertz CT molecular complexity index is 404. The molecule has 0 aromatic carbocycles. The molecule has 4 heteroatoms. The van der Waals surface area contributed by atoms with Crippen molar-refractivity contribution in [3.05, 3.63) is 0 Å². The second kappa shape index (κ2) is 6.07. The van der Waals surface area contributed by atoms with Gasteiger partial charge >= 0.3 is 0 Å². The van der Waals surface area contributed by atoms with E-state index in [1.165, 1.54) is 38.5 Å². The Labute approximate surface area is 141 Å². The molecule has 4 unspecified atom stereocenters. The fourth-order valence-corrected chi connectivity index (χ4v) is 7.00. The van der Waals surface area contributed by atoms with E-state index in [-0.39, 0.29) is 0 Å². The molecule has 4 atom stereocenters. The highest BCUT2D eigenvalue weighted by Gasteiger charge is 2.50. The summed E-state index contributed by atoms with van der Waals surface area (Å²) < 4.78 is 1.16. The number of hydrogen-bond donors (Lipinski definition) is 0. The molecule has 0 N–H and O–H groups in total. The molecule has 1 nitrogen and oxygen atoms in total. The van der Waals surface area contributed by atoms with Crippen molar-refractivity contribution in [1.82, 2.24) is 4.90 Å². The maximum absolute atomic E-state index is 5.68. The van der Waals surface area contributed by atoms with Crippen molar-refractivity contribution >= 4 is 35.6 Å². The summed E-state index contributed by atoms with van der Waals surface area (Å²) in [6.07, 6.45) is 8.32. The molecular weight excluding hydrogens is 293 g/mol. The van der Waals surface area contributed by atoms with Gasteiger partial charge in [0.15, 0.2) is 0 Å². The van der Waals surface area contributed by atoms with Crippen LogP contribution in [0.1, 0.15) is 66.2 Å². The van der Waals surface area contributed by atoms with Gasteiger partial charge in [-0.3, -0.25) is 0 Å². The monoisotopic (exact) mass is 322 g/mol. The minimum atomic E-state index is 0.558. The Balaban J connectivity index is 1.73. The molecule has 2 bridgehead atoms. The Morgan fingerprint density at radius 2 is 2.00 bits per heavy atom. The predicted octanol–water partition coefficient (Wildman–Crippen LogP) is 5.14. The van der Waals surface area contributed by atoms with Crippen LogP contribution in [0.15, 0.2) is 0 Å². The molecule has 4 fully saturated rings. The second-order valence-corrected chi connectivity index (χ2v) is 9.86. The highest BCUT2D eigenvalue weighted by Crippen LogP contribution is 2.60. The summed E-state index contributed by atoms with van der Waals surface area (Å²) >= 11 is 7.68. The zero-order valence-corrected chi connectivity index (χ0v) is 15.6. The van der Waals surface area contributed by atoms with Gasteiger partial charge in [-0.2, -0.15) is 0 Å². The fourth-order valence-electron chi connectivity index (χ4n) is 4.79. The van der Waals surface area contributed by atoms with Gasteiger partial charge in [0.1, 0.15) is 11.6 Å². The number of thioether (sulfide) groups is 1. The molecule has 4 aliphatic rings. The largest absolute Gasteiger partial charge is 0.351 e. The van der Waals surface area contributed by atoms with Crippen LogP contribution in [0.3, 0.4) is 0 Å². The van der Waals surface area contributed by atoms with Crippen molar-refractivity contribution in [3.63, 3.8) is 0 Å². The SMILES string of the molecule is CC(C)N1C(=S)SC2CC3[B]C(C(C)C)(CCCCC21)C3. The first-order valence-electron chi connectivity index (χ1n) is 8.78. The Morgan fingerprint density at radius 3 is 2.62 bits per heavy atom. The maximum Gasteiger partial charge on any atom is 0.137 e. The molecule has 4 rings (SSSR count). The Hall–Kier alpha value is 0.305. The summed E-state index contributed by atoms with van der Waals surface area (Å²) in [5.74, 6) is 1.66. The van der Waals surface area contributed by atoms with Crippen molar-refractivity contribution in [1.29, 1.82) is 0 Å². The number of rotatable bonds is 2. The van der Waals surface area contributed by atoms with Crippen LogP contribution in [0.4, 0.5) is 0 Å². The van der Waals surface area contributed by atoms with Crippen LogP contribution in [0.5, 0.6) is 0 Å². The van der Waals surface area contributed by atoms with Crippen molar-refractivity contribution in [2.75, 3.05) is 0 Å². The van der Waals surface area contributed by atoms with Crippen molar-refractivity contribution < 1.29 is 0 Å². The molecule has 1 saturated carbocycles. The molecule has 21 heavy (non-hydrogen) atoms. The summed E-state index contributed by atoms with van der Waals surface area (Å²) in [5.41, 5.74) is 0. The third-order valence-electron chi connectivity index (χ3n) is 6.09. The van der Waals surface area contributed by atoms with Gasteiger partial charge in [-0.05, 0) is 32.6 Å². The molecule has 3 heterocycles. The van der Waals surface area contributed by atoms with Gasteiger partial charge in [-0.25, -0.2) is 0 Å². The van der Waals surface area contributed by atoms with Crippen LogP contribution in [0.25, 0.3) is 0 Å². The highest BCUT2D eigenvalue weighted by molar-refractivity contribution is 8.23. The summed E-state index contributed by atoms with van der Waals surface area (Å²) in [4.78, 5) is 2.54. The van der Waals surface area contributed by atoms with Crippen molar-refractivity contribution in [2.24, 2.45) is 5.92 Å². The topological polar surface area (TPSA) is 3.24 Å². The van der Waals surface area contributed by atoms with E-state index in [2.05, 4.69) is 39.9 Å². The normalized spacial score (nSPS) is 40.0. The Kier molecular flexibility index (Phi) is 4.68. The number of hydrogen-bond acceptors (Lipinski definition) is 2. The van der Waals surface area contributed by atoms with Gasteiger partial charge in [0.05, 0.1) is 0 Å². The van der Waals surface area contributed by atoms with E-state index in [1.54, 1.807) is 0 Å². The third-order valence-corrected chi connectivity index (χ3v) is 7.81. The van der Waals surface area contributed by atoms with E-state index in [4.69, 9.17) is 12.2 Å². The number of thiocarbonyl (C=S) groups is 1. The van der Waals surface area contributed by atoms with Crippen molar-refractivity contribution in [3.8, 4) is 0 Å². The summed E-state index contributed by atoms with van der Waals surface area (Å²) in [5, 5.41) is 1.31. The summed E-state index contributed by atoms with van der Waals surface area (Å²) in [7, 11) is 2.72. The lowest BCUT2D eigenvalue weighted by molar-refractivity contribution is 0.221. The molecule has 3 aliphatic heterocycles. The lowest BCUT2D eigenvalue weighted by Crippen LogP contribution is -2.45. The van der Waals surface area contributed by atoms with E-state index in [0.29, 0.717) is 17.4 Å². The smallest absolute Gasteiger partial charge is 0.137 e. The maximum atomic E-state index is 5.68. The average Bonchev–Trinajstić information content (AvgIpc) is 2.67. The first kappa shape index (κ1) is 16.2. The van der Waals surface area contributed by atoms with Crippen LogP contribution < -0.4 is 0 Å². The highest BCUT2D eigenvalue weighted by atomic mass is 32.2. The van der Waals surface area contributed by atoms with E-state index >= 15 is 0 Å². The molecule has 3 saturated heterocycles. The minimum Gasteiger partial charge on any atom is -0.351 e. The van der Waals surface area contributed by atoms with Crippen LogP contribution in [0, 0.1) is 5.92 Å². The van der Waals surface area contributed by atoms with Crippen LogP contribution in [-0.4, -0.2) is 33.8 Å². The second-order valence-electron chi connectivity index (χ2n) is 7.99. The summed E-state index contributed by atoms with van der Waals surface area (Å²) in [6.45, 7) is 9.43. The van der Waals surface area contributed by atoms with Gasteiger partial charge in [0.25, 0.3) is 0 Å². The zero-order valence-electron chi connectivity index (χ0n) is 14.0. The minimum absolute atomic E-state index is 0.558. The lowest BCUT2D eigenvalue weighted by atomic mass is 9.27. The van der Waals surface area contributed by atoms with E-state index in [0.717, 1.165) is 21.3 Å². The lowest BCUT2D eigenvalue weighted by Gasteiger charge is -2.52. The quantitative estimate of drug-likeness (QED) is 0.512. The van der Waals surface area contributed by atoms with Crippen LogP contribution in [0.2, 0.25) is 11.1 Å². The number of nitrogens with zero attached hydrogens (tertiary/aromatic N) is 1. The van der Waals surface area contributed by atoms with Gasteiger partial charge in [0.2, 0.25) is 0 Å². The Morgan fingerprint density at radius 1 is 1.29 bits per heavy atom. The van der Waals surface area contributed by atoms with Gasteiger partial charge < -0.3 is 4.90 Å². The number of fused-ring (bicyclic) bond motifs is 3. The van der Waals surface area contributed by atoms with Crippen LogP contribution in [-0.2, 0) is 0 Å². The molecule has 0 amide bonds. The molecule has 0 aromatic rings. The first-order valence-corrected chi connectivity index (χ1v) is 10.1.